The Hall–Kier alpha value is 1.17. The molecular weight excluding hydrogens is 170 g/mol. The first-order valence-electron chi connectivity index (χ1n) is 0.303. The van der Waals surface area contributed by atoms with E-state index in [1.54, 1.807) is 0 Å². The average molecular weight is 173 g/mol. The van der Waals surface area contributed by atoms with E-state index in [1.165, 1.54) is 16.2 Å². The second-order valence-electron chi connectivity index (χ2n) is 0. The maximum absolute atomic E-state index is 8.12. The van der Waals surface area contributed by atoms with Crippen LogP contribution in [0.25, 0.3) is 0 Å². The van der Waals surface area contributed by atoms with Gasteiger partial charge in [0.25, 0.3) is 0 Å². The normalized spacial score (nSPS) is 1.80. The fraction of sp³-hybridized carbons (Fsp3) is 0. The van der Waals surface area contributed by atoms with Gasteiger partial charge < -0.3 is 0 Å². The minimum absolute atomic E-state index is 0. The molecule has 2 nitrogen and oxygen atoms in total. The fourth-order valence-corrected chi connectivity index (χ4v) is 0. The first kappa shape index (κ1) is 16.4. The van der Waals surface area contributed by atoms with E-state index in [1.807, 2.05) is 0 Å². The van der Waals surface area contributed by atoms with Crippen LogP contribution >= 0.6 is 0 Å². The molecule has 0 atom stereocenters. The van der Waals surface area contributed by atoms with Crippen LogP contribution < -0.4 is 0 Å². The summed E-state index contributed by atoms with van der Waals surface area (Å²) in [6.07, 6.45) is 0. The van der Waals surface area contributed by atoms with Gasteiger partial charge >= 0.3 is 39.6 Å². The maximum atomic E-state index is 8.12. The molecule has 0 N–H and O–H groups in total. The average Bonchev–Trinajstić information content (AvgIpc) is 1.50. The molecule has 0 unspecified atom stereocenters. The Kier molecular flexibility index (Phi) is 215. The van der Waals surface area contributed by atoms with Crippen molar-refractivity contribution >= 4 is 17.4 Å². The third-order valence-corrected chi connectivity index (χ3v) is 0. The molecule has 0 saturated heterocycles. The molecule has 0 radical (unpaired) electrons. The summed E-state index contributed by atoms with van der Waals surface area (Å²) < 4.78 is 16.1. The molecule has 33 valence electrons. The van der Waals surface area contributed by atoms with Gasteiger partial charge in [-0.05, 0) is 0 Å². The van der Waals surface area contributed by atoms with Gasteiger partial charge in [-0.15, -0.1) is 0 Å². The number of rotatable bonds is 0. The number of hydrogen-bond donors (Lipinski definition) is 0. The molecular formula is H3AlCoCrO2. The molecule has 0 fully saturated rings. The van der Waals surface area contributed by atoms with Crippen molar-refractivity contribution in [1.29, 1.82) is 0 Å². The van der Waals surface area contributed by atoms with Crippen molar-refractivity contribution in [1.82, 2.24) is 0 Å². The summed E-state index contributed by atoms with van der Waals surface area (Å²) in [6.45, 7) is 0. The van der Waals surface area contributed by atoms with Crippen molar-refractivity contribution in [3.8, 4) is 0 Å². The van der Waals surface area contributed by atoms with Crippen molar-refractivity contribution in [3.63, 3.8) is 0 Å². The molecule has 0 aromatic heterocycles. The van der Waals surface area contributed by atoms with Gasteiger partial charge in [-0.2, -0.15) is 0 Å². The molecule has 0 rings (SSSR count). The third kappa shape index (κ3) is 37.9. The molecule has 0 spiro atoms. The van der Waals surface area contributed by atoms with Gasteiger partial charge in [-0.1, -0.05) is 0 Å². The Morgan fingerprint density at radius 2 is 1.20 bits per heavy atom. The molecule has 5 heteroatoms. The van der Waals surface area contributed by atoms with Crippen molar-refractivity contribution in [2.45, 2.75) is 0 Å². The summed E-state index contributed by atoms with van der Waals surface area (Å²) in [5.41, 5.74) is 0. The SMILES string of the molecule is [AlH3].[O]=[Co].[O]=[Cr]. The van der Waals surface area contributed by atoms with Crippen LogP contribution in [0, 0.1) is 0 Å². The summed E-state index contributed by atoms with van der Waals surface area (Å²) >= 11 is 3.69. The van der Waals surface area contributed by atoms with E-state index in [2.05, 4.69) is 15.7 Å². The van der Waals surface area contributed by atoms with E-state index in [-0.39, 0.29) is 17.4 Å². The molecule has 0 heterocycles. The molecule has 0 bridgehead atoms. The van der Waals surface area contributed by atoms with E-state index in [0.29, 0.717) is 0 Å². The zero-order valence-electron chi connectivity index (χ0n) is 1.56. The first-order chi connectivity index (χ1) is 2.00. The molecule has 0 aliphatic rings. The monoisotopic (exact) mass is 173 g/mol. The van der Waals surface area contributed by atoms with E-state index >= 15 is 0 Å². The second-order valence-corrected chi connectivity index (χ2v) is 0. The fourth-order valence-electron chi connectivity index (χ4n) is 0. The Bertz CT molecular complexity index is 11.6. The van der Waals surface area contributed by atoms with Crippen LogP contribution in [0.15, 0.2) is 0 Å². The summed E-state index contributed by atoms with van der Waals surface area (Å²) in [5, 5.41) is 0. The molecule has 0 aliphatic heterocycles. The van der Waals surface area contributed by atoms with E-state index in [9.17, 15) is 0 Å². The standard InChI is InChI=1S/Al.Co.Cr.2O.3H. The molecule has 0 aliphatic carbocycles. The van der Waals surface area contributed by atoms with E-state index in [4.69, 9.17) is 7.67 Å². The summed E-state index contributed by atoms with van der Waals surface area (Å²) in [6, 6.07) is 0. The van der Waals surface area contributed by atoms with Gasteiger partial charge in [-0.25, -0.2) is 0 Å². The quantitative estimate of drug-likeness (QED) is 0.421. The molecule has 0 saturated carbocycles. The van der Waals surface area contributed by atoms with Gasteiger partial charge in [0.15, 0.2) is 17.4 Å². The first-order valence-corrected chi connectivity index (χ1v) is 1.25. The van der Waals surface area contributed by atoms with Crippen molar-refractivity contribution in [2.24, 2.45) is 0 Å². The Balaban J connectivity index is -0.0000000133. The van der Waals surface area contributed by atoms with Gasteiger partial charge in [-0.3, -0.25) is 0 Å². The summed E-state index contributed by atoms with van der Waals surface area (Å²) in [7, 11) is 0. The zero-order chi connectivity index (χ0) is 4.00. The van der Waals surface area contributed by atoms with Gasteiger partial charge in [0.2, 0.25) is 0 Å². The molecule has 0 aromatic carbocycles. The second kappa shape index (κ2) is 65.6. The third-order valence-electron chi connectivity index (χ3n) is 0. The van der Waals surface area contributed by atoms with E-state index in [0.717, 1.165) is 0 Å². The molecule has 0 aromatic rings. The van der Waals surface area contributed by atoms with Crippen LogP contribution in [-0.4, -0.2) is 17.4 Å². The molecule has 5 heavy (non-hydrogen) atoms. The van der Waals surface area contributed by atoms with Gasteiger partial charge in [0.05, 0.1) is 0 Å². The van der Waals surface area contributed by atoms with Gasteiger partial charge in [0.1, 0.15) is 0 Å². The molecule has 0 amide bonds. The van der Waals surface area contributed by atoms with Crippen molar-refractivity contribution < 1.29 is 39.6 Å². The van der Waals surface area contributed by atoms with Crippen LogP contribution in [0.3, 0.4) is 0 Å². The summed E-state index contributed by atoms with van der Waals surface area (Å²) in [5.74, 6) is 0. The van der Waals surface area contributed by atoms with E-state index < -0.39 is 0 Å². The number of hydrogen-bond acceptors (Lipinski definition) is 2. The summed E-state index contributed by atoms with van der Waals surface area (Å²) in [4.78, 5) is 0. The Morgan fingerprint density at radius 1 is 1.20 bits per heavy atom. The van der Waals surface area contributed by atoms with Crippen LogP contribution in [0.2, 0.25) is 0 Å². The van der Waals surface area contributed by atoms with Crippen LogP contribution in [-0.2, 0) is 39.6 Å². The zero-order valence-corrected chi connectivity index (χ0v) is 3.87. The minimum atomic E-state index is 0. The van der Waals surface area contributed by atoms with Gasteiger partial charge in [0, 0.05) is 0 Å². The predicted octanol–water partition coefficient (Wildman–Crippen LogP) is -1.43. The Labute approximate surface area is 56.9 Å². The van der Waals surface area contributed by atoms with Crippen LogP contribution in [0.5, 0.6) is 0 Å². The van der Waals surface area contributed by atoms with Crippen molar-refractivity contribution in [3.05, 3.63) is 0 Å². The topological polar surface area (TPSA) is 34.1 Å². The van der Waals surface area contributed by atoms with Crippen LogP contribution in [0.1, 0.15) is 0 Å². The Morgan fingerprint density at radius 3 is 1.20 bits per heavy atom. The van der Waals surface area contributed by atoms with Crippen LogP contribution in [0.4, 0.5) is 0 Å². The van der Waals surface area contributed by atoms with Crippen molar-refractivity contribution in [2.75, 3.05) is 0 Å². The predicted molar refractivity (Wildman–Crippen MR) is 11.3 cm³/mol.